The van der Waals surface area contributed by atoms with E-state index in [2.05, 4.69) is 0 Å². The molecule has 24 heavy (non-hydrogen) atoms. The average Bonchev–Trinajstić information content (AvgIpc) is 2.49. The van der Waals surface area contributed by atoms with E-state index in [1.807, 2.05) is 0 Å². The Kier molecular flexibility index (Phi) is 6.00. The van der Waals surface area contributed by atoms with Crippen molar-refractivity contribution in [2.75, 3.05) is 0 Å². The van der Waals surface area contributed by atoms with Gasteiger partial charge in [0.15, 0.2) is 0 Å². The van der Waals surface area contributed by atoms with Gasteiger partial charge in [0.2, 0.25) is 0 Å². The van der Waals surface area contributed by atoms with Crippen molar-refractivity contribution in [1.29, 1.82) is 0 Å². The molecule has 4 N–H and O–H groups in total. The normalized spacial score (nSPS) is 28.3. The Bertz CT molecular complexity index is 649. The first-order chi connectivity index (χ1) is 11.4. The minimum absolute atomic E-state index is 0.0162. The average molecular weight is 334 g/mol. The number of phenols is 2. The van der Waals surface area contributed by atoms with E-state index in [1.165, 1.54) is 12.1 Å². The van der Waals surface area contributed by atoms with Gasteiger partial charge < -0.3 is 25.2 Å². The van der Waals surface area contributed by atoms with Gasteiger partial charge in [-0.05, 0) is 31.4 Å². The van der Waals surface area contributed by atoms with Crippen molar-refractivity contribution >= 4 is 12.0 Å². The molecule has 6 nitrogen and oxygen atoms in total. The van der Waals surface area contributed by atoms with Crippen molar-refractivity contribution in [1.82, 2.24) is 0 Å². The van der Waals surface area contributed by atoms with Gasteiger partial charge in [-0.1, -0.05) is 24.3 Å². The van der Waals surface area contributed by atoms with Crippen LogP contribution in [0.15, 0.2) is 30.4 Å². The molecule has 0 aromatic heterocycles. The molecular weight excluding hydrogens is 312 g/mol. The summed E-state index contributed by atoms with van der Waals surface area (Å²) in [6.07, 6.45) is 5.18. The maximum Gasteiger partial charge on any atom is 0.342 e. The molecule has 0 amide bonds. The molecule has 3 atom stereocenters. The third-order valence-electron chi connectivity index (χ3n) is 3.77. The van der Waals surface area contributed by atoms with Crippen LogP contribution in [0, 0.1) is 0 Å². The molecule has 0 aliphatic carbocycles. The van der Waals surface area contributed by atoms with Gasteiger partial charge in [0.1, 0.15) is 23.2 Å². The first-order valence-electron chi connectivity index (χ1n) is 7.84. The predicted molar refractivity (Wildman–Crippen MR) is 88.7 cm³/mol. The number of ether oxygens (including phenoxy) is 1. The van der Waals surface area contributed by atoms with Crippen LogP contribution in [0.3, 0.4) is 0 Å². The van der Waals surface area contributed by atoms with Crippen molar-refractivity contribution in [3.05, 3.63) is 41.5 Å². The number of esters is 1. The first-order valence-corrected chi connectivity index (χ1v) is 7.84. The molecule has 1 aromatic rings. The van der Waals surface area contributed by atoms with Crippen LogP contribution < -0.4 is 0 Å². The Morgan fingerprint density at radius 2 is 1.92 bits per heavy atom. The van der Waals surface area contributed by atoms with Gasteiger partial charge in [0.05, 0.1) is 12.2 Å². The highest BCUT2D eigenvalue weighted by atomic mass is 16.5. The minimum Gasteiger partial charge on any atom is -0.508 e. The summed E-state index contributed by atoms with van der Waals surface area (Å²) in [6, 6.07) is 2.44. The van der Waals surface area contributed by atoms with Crippen LogP contribution in [0.5, 0.6) is 11.5 Å². The molecule has 0 saturated carbocycles. The molecule has 6 heteroatoms. The number of phenolic OH excluding ortho intramolecular Hbond substituents is 2. The van der Waals surface area contributed by atoms with Crippen LogP contribution in [0.25, 0.3) is 6.08 Å². The molecular formula is C18H22O6. The lowest BCUT2D eigenvalue weighted by molar-refractivity contribution is 0.0337. The predicted octanol–water partition coefficient (Wildman–Crippen LogP) is 2.12. The van der Waals surface area contributed by atoms with Crippen LogP contribution >= 0.6 is 0 Å². The van der Waals surface area contributed by atoms with E-state index in [9.17, 15) is 25.2 Å². The van der Waals surface area contributed by atoms with E-state index < -0.39 is 24.3 Å². The number of hydrogen-bond donors (Lipinski definition) is 4. The second kappa shape index (κ2) is 7.99. The maximum atomic E-state index is 12.3. The minimum atomic E-state index is -0.982. The van der Waals surface area contributed by atoms with E-state index in [0.717, 1.165) is 6.07 Å². The summed E-state index contributed by atoms with van der Waals surface area (Å²) in [5.74, 6) is -1.22. The molecule has 0 bridgehead atoms. The number of aromatic hydroxyl groups is 2. The molecule has 2 rings (SSSR count). The quantitative estimate of drug-likeness (QED) is 0.428. The van der Waals surface area contributed by atoms with E-state index in [1.54, 1.807) is 25.2 Å². The number of allylic oxidation sites excluding steroid dienone is 1. The van der Waals surface area contributed by atoms with E-state index in [0.29, 0.717) is 24.8 Å². The molecule has 0 unspecified atom stereocenters. The zero-order valence-corrected chi connectivity index (χ0v) is 13.4. The second-order valence-electron chi connectivity index (χ2n) is 5.85. The Balaban J connectivity index is 2.36. The van der Waals surface area contributed by atoms with Gasteiger partial charge in [-0.25, -0.2) is 4.79 Å². The maximum absolute atomic E-state index is 12.3. The highest BCUT2D eigenvalue weighted by Crippen LogP contribution is 2.29. The highest BCUT2D eigenvalue weighted by Gasteiger charge is 2.20. The van der Waals surface area contributed by atoms with Gasteiger partial charge in [-0.3, -0.25) is 0 Å². The number of aliphatic hydroxyl groups is 2. The van der Waals surface area contributed by atoms with Gasteiger partial charge in [-0.2, -0.15) is 0 Å². The molecule has 1 aliphatic heterocycles. The number of aliphatic hydroxyl groups excluding tert-OH is 2. The number of hydrogen-bond acceptors (Lipinski definition) is 6. The summed E-state index contributed by atoms with van der Waals surface area (Å²) in [6.45, 7) is 1.68. The zero-order chi connectivity index (χ0) is 17.7. The lowest BCUT2D eigenvalue weighted by Crippen LogP contribution is -2.23. The smallest absolute Gasteiger partial charge is 0.342 e. The van der Waals surface area contributed by atoms with Crippen molar-refractivity contribution < 1.29 is 30.0 Å². The fourth-order valence-corrected chi connectivity index (χ4v) is 2.46. The number of carbonyl (C=O) groups excluding carboxylic acids is 1. The van der Waals surface area contributed by atoms with Gasteiger partial charge in [-0.15, -0.1) is 0 Å². The Morgan fingerprint density at radius 3 is 2.67 bits per heavy atom. The highest BCUT2D eigenvalue weighted by molar-refractivity contribution is 5.97. The Labute approximate surface area is 140 Å². The zero-order valence-electron chi connectivity index (χ0n) is 13.4. The standard InChI is InChI=1S/C18H22O6/c1-11-5-4-8-15(21)14(20)7-3-2-6-12-9-13(19)10-16(22)17(12)18(23)24-11/h2,4,6,8-11,14-15,19-22H,3,5,7H2,1H3/b6-2-,8-4-/t11-,14-,15-/m0/s1. The van der Waals surface area contributed by atoms with Gasteiger partial charge in [0.25, 0.3) is 0 Å². The largest absolute Gasteiger partial charge is 0.508 e. The van der Waals surface area contributed by atoms with Gasteiger partial charge in [0, 0.05) is 12.5 Å². The number of fused-ring (bicyclic) bond motifs is 1. The molecule has 1 aliphatic rings. The third kappa shape index (κ3) is 4.59. The van der Waals surface area contributed by atoms with Crippen LogP contribution in [0.4, 0.5) is 0 Å². The summed E-state index contributed by atoms with van der Waals surface area (Å²) in [5.41, 5.74) is 0.310. The first kappa shape index (κ1) is 18.0. The number of benzene rings is 1. The molecule has 0 saturated heterocycles. The molecule has 0 spiro atoms. The van der Waals surface area contributed by atoms with Crippen molar-refractivity contribution in [2.24, 2.45) is 0 Å². The summed E-state index contributed by atoms with van der Waals surface area (Å²) >= 11 is 0. The second-order valence-corrected chi connectivity index (χ2v) is 5.85. The molecule has 0 radical (unpaired) electrons. The fraction of sp³-hybridized carbons (Fsp3) is 0.389. The number of carbonyl (C=O) groups is 1. The summed E-state index contributed by atoms with van der Waals surface area (Å²) in [4.78, 5) is 12.3. The Morgan fingerprint density at radius 1 is 1.17 bits per heavy atom. The molecule has 1 aromatic carbocycles. The summed E-state index contributed by atoms with van der Waals surface area (Å²) < 4.78 is 5.29. The van der Waals surface area contributed by atoms with Crippen LogP contribution in [-0.4, -0.2) is 44.7 Å². The number of rotatable bonds is 0. The summed E-state index contributed by atoms with van der Waals surface area (Å²) in [5, 5.41) is 39.3. The topological polar surface area (TPSA) is 107 Å². The SMILES string of the molecule is C[C@H]1C/C=C\[C@H](O)[C@@H](O)CC/C=C\c2cc(O)cc(O)c2C(=O)O1. The van der Waals surface area contributed by atoms with Gasteiger partial charge >= 0.3 is 5.97 Å². The monoisotopic (exact) mass is 334 g/mol. The van der Waals surface area contributed by atoms with E-state index in [4.69, 9.17) is 4.74 Å². The van der Waals surface area contributed by atoms with Crippen molar-refractivity contribution in [2.45, 2.75) is 44.5 Å². The Hall–Kier alpha value is -2.31. The number of cyclic esters (lactones) is 1. The lowest BCUT2D eigenvalue weighted by atomic mass is 10.0. The molecule has 130 valence electrons. The molecule has 0 fully saturated rings. The summed E-state index contributed by atoms with van der Waals surface area (Å²) in [7, 11) is 0. The van der Waals surface area contributed by atoms with Crippen LogP contribution in [0.2, 0.25) is 0 Å². The van der Waals surface area contributed by atoms with Crippen LogP contribution in [-0.2, 0) is 4.74 Å². The van der Waals surface area contributed by atoms with Crippen molar-refractivity contribution in [3.63, 3.8) is 0 Å². The third-order valence-corrected chi connectivity index (χ3v) is 3.77. The van der Waals surface area contributed by atoms with E-state index >= 15 is 0 Å². The van der Waals surface area contributed by atoms with Crippen LogP contribution in [0.1, 0.15) is 42.1 Å². The fourth-order valence-electron chi connectivity index (χ4n) is 2.46. The lowest BCUT2D eigenvalue weighted by Gasteiger charge is -2.16. The molecule has 1 heterocycles. The van der Waals surface area contributed by atoms with Crippen molar-refractivity contribution in [3.8, 4) is 11.5 Å². The van der Waals surface area contributed by atoms with E-state index in [-0.39, 0.29) is 17.1 Å².